The SMILES string of the molecule is Cc1csc2nc(CN3CCN(Cc4ccccc4)CC3)cc(=O)n12. The van der Waals surface area contributed by atoms with Gasteiger partial charge in [0.05, 0.1) is 5.69 Å². The molecule has 0 aliphatic carbocycles. The number of benzene rings is 1. The van der Waals surface area contributed by atoms with Crippen molar-refractivity contribution in [2.45, 2.75) is 20.0 Å². The average Bonchev–Trinajstić information content (AvgIpc) is 2.99. The Morgan fingerprint density at radius 1 is 1.04 bits per heavy atom. The van der Waals surface area contributed by atoms with E-state index in [1.807, 2.05) is 12.3 Å². The first-order chi connectivity index (χ1) is 12.2. The quantitative estimate of drug-likeness (QED) is 0.721. The Morgan fingerprint density at radius 3 is 2.44 bits per heavy atom. The van der Waals surface area contributed by atoms with Gasteiger partial charge in [0.25, 0.3) is 5.56 Å². The molecule has 5 nitrogen and oxygen atoms in total. The van der Waals surface area contributed by atoms with Gasteiger partial charge in [-0.25, -0.2) is 4.98 Å². The van der Waals surface area contributed by atoms with Gasteiger partial charge < -0.3 is 0 Å². The van der Waals surface area contributed by atoms with Crippen LogP contribution in [0.2, 0.25) is 0 Å². The van der Waals surface area contributed by atoms with E-state index in [0.717, 1.165) is 55.6 Å². The number of fused-ring (bicyclic) bond motifs is 1. The molecule has 2 aromatic heterocycles. The molecule has 1 aliphatic rings. The summed E-state index contributed by atoms with van der Waals surface area (Å²) in [5.74, 6) is 0. The van der Waals surface area contributed by atoms with Crippen LogP contribution < -0.4 is 5.56 Å². The van der Waals surface area contributed by atoms with E-state index >= 15 is 0 Å². The van der Waals surface area contributed by atoms with Crippen LogP contribution in [0.3, 0.4) is 0 Å². The Hall–Kier alpha value is -2.02. The molecule has 4 rings (SSSR count). The van der Waals surface area contributed by atoms with Gasteiger partial charge in [-0.05, 0) is 12.5 Å². The van der Waals surface area contributed by atoms with Crippen molar-refractivity contribution in [3.05, 3.63) is 69.1 Å². The van der Waals surface area contributed by atoms with Crippen molar-refractivity contribution in [2.24, 2.45) is 0 Å². The summed E-state index contributed by atoms with van der Waals surface area (Å²) in [6.07, 6.45) is 0. The van der Waals surface area contributed by atoms with Crippen molar-refractivity contribution in [3.8, 4) is 0 Å². The summed E-state index contributed by atoms with van der Waals surface area (Å²) in [6.45, 7) is 7.83. The molecule has 0 amide bonds. The molecule has 6 heteroatoms. The smallest absolute Gasteiger partial charge is 0.259 e. The summed E-state index contributed by atoms with van der Waals surface area (Å²) in [5.41, 5.74) is 3.23. The third-order valence-electron chi connectivity index (χ3n) is 4.73. The van der Waals surface area contributed by atoms with Gasteiger partial charge in [-0.2, -0.15) is 0 Å². The molecule has 25 heavy (non-hydrogen) atoms. The lowest BCUT2D eigenvalue weighted by atomic mass is 10.2. The van der Waals surface area contributed by atoms with Crippen molar-refractivity contribution in [1.29, 1.82) is 0 Å². The molecule has 0 atom stereocenters. The molecular formula is C19H22N4OS. The highest BCUT2D eigenvalue weighted by atomic mass is 32.1. The summed E-state index contributed by atoms with van der Waals surface area (Å²) < 4.78 is 1.69. The van der Waals surface area contributed by atoms with E-state index in [1.54, 1.807) is 10.5 Å². The van der Waals surface area contributed by atoms with Gasteiger partial charge in [0, 0.05) is 56.4 Å². The summed E-state index contributed by atoms with van der Waals surface area (Å²) in [5, 5.41) is 1.98. The van der Waals surface area contributed by atoms with Crippen LogP contribution in [0, 0.1) is 6.92 Å². The van der Waals surface area contributed by atoms with Crippen molar-refractivity contribution in [3.63, 3.8) is 0 Å². The zero-order valence-electron chi connectivity index (χ0n) is 14.4. The van der Waals surface area contributed by atoms with Crippen LogP contribution in [-0.4, -0.2) is 45.4 Å². The zero-order valence-corrected chi connectivity index (χ0v) is 15.2. The van der Waals surface area contributed by atoms with Crippen LogP contribution in [-0.2, 0) is 13.1 Å². The third kappa shape index (κ3) is 3.66. The second-order valence-corrected chi connectivity index (χ2v) is 7.46. The Bertz CT molecular complexity index is 910. The number of piperazine rings is 1. The first-order valence-electron chi connectivity index (χ1n) is 8.64. The van der Waals surface area contributed by atoms with E-state index in [2.05, 4.69) is 45.1 Å². The van der Waals surface area contributed by atoms with E-state index in [0.29, 0.717) is 0 Å². The number of rotatable bonds is 4. The molecule has 1 aromatic carbocycles. The van der Waals surface area contributed by atoms with Crippen molar-refractivity contribution >= 4 is 16.3 Å². The Kier molecular flexibility index (Phi) is 4.65. The topological polar surface area (TPSA) is 40.9 Å². The predicted octanol–water partition coefficient (Wildman–Crippen LogP) is 2.38. The lowest BCUT2D eigenvalue weighted by Gasteiger charge is -2.34. The molecule has 1 fully saturated rings. The molecule has 0 radical (unpaired) electrons. The minimum Gasteiger partial charge on any atom is -0.297 e. The van der Waals surface area contributed by atoms with Gasteiger partial charge in [0.2, 0.25) is 0 Å². The van der Waals surface area contributed by atoms with E-state index < -0.39 is 0 Å². The maximum absolute atomic E-state index is 12.3. The molecular weight excluding hydrogens is 332 g/mol. The molecule has 0 unspecified atom stereocenters. The highest BCUT2D eigenvalue weighted by molar-refractivity contribution is 7.15. The molecule has 130 valence electrons. The maximum atomic E-state index is 12.3. The first kappa shape index (κ1) is 16.4. The van der Waals surface area contributed by atoms with Crippen LogP contribution in [0.4, 0.5) is 0 Å². The lowest BCUT2D eigenvalue weighted by molar-refractivity contribution is 0.121. The van der Waals surface area contributed by atoms with Crippen LogP contribution in [0.5, 0.6) is 0 Å². The van der Waals surface area contributed by atoms with Crippen LogP contribution in [0.1, 0.15) is 17.0 Å². The Labute approximate surface area is 151 Å². The van der Waals surface area contributed by atoms with Gasteiger partial charge >= 0.3 is 0 Å². The summed E-state index contributed by atoms with van der Waals surface area (Å²) in [7, 11) is 0. The summed E-state index contributed by atoms with van der Waals surface area (Å²) in [4.78, 5) is 22.6. The first-order valence-corrected chi connectivity index (χ1v) is 9.52. The highest BCUT2D eigenvalue weighted by Gasteiger charge is 2.18. The van der Waals surface area contributed by atoms with Crippen molar-refractivity contribution in [2.75, 3.05) is 26.2 Å². The minimum absolute atomic E-state index is 0.0291. The molecule has 1 aliphatic heterocycles. The summed E-state index contributed by atoms with van der Waals surface area (Å²) in [6, 6.07) is 12.3. The molecule has 3 aromatic rings. The highest BCUT2D eigenvalue weighted by Crippen LogP contribution is 2.14. The Balaban J connectivity index is 1.38. The number of hydrogen-bond donors (Lipinski definition) is 0. The molecule has 3 heterocycles. The summed E-state index contributed by atoms with van der Waals surface area (Å²) >= 11 is 1.53. The molecule has 0 N–H and O–H groups in total. The fourth-order valence-corrected chi connectivity index (χ4v) is 4.25. The number of hydrogen-bond acceptors (Lipinski definition) is 5. The second-order valence-electron chi connectivity index (χ2n) is 6.62. The van der Waals surface area contributed by atoms with Gasteiger partial charge in [-0.15, -0.1) is 11.3 Å². The molecule has 0 bridgehead atoms. The van der Waals surface area contributed by atoms with Crippen LogP contribution >= 0.6 is 11.3 Å². The lowest BCUT2D eigenvalue weighted by Crippen LogP contribution is -2.45. The normalized spacial score (nSPS) is 16.5. The molecule has 1 saturated heterocycles. The zero-order chi connectivity index (χ0) is 17.2. The molecule has 0 spiro atoms. The fraction of sp³-hybridized carbons (Fsp3) is 0.368. The van der Waals surface area contributed by atoms with Gasteiger partial charge in [-0.1, -0.05) is 30.3 Å². The van der Waals surface area contributed by atoms with Gasteiger partial charge in [-0.3, -0.25) is 19.0 Å². The predicted molar refractivity (Wildman–Crippen MR) is 101 cm³/mol. The third-order valence-corrected chi connectivity index (χ3v) is 5.67. The van der Waals surface area contributed by atoms with Gasteiger partial charge in [0.15, 0.2) is 4.96 Å². The monoisotopic (exact) mass is 354 g/mol. The number of aryl methyl sites for hydroxylation is 1. The standard InChI is InChI=1S/C19H22N4OS/c1-15-14-25-19-20-17(11-18(24)23(15)19)13-22-9-7-21(8-10-22)12-16-5-3-2-4-6-16/h2-6,11,14H,7-10,12-13H2,1H3. The van der Waals surface area contributed by atoms with Crippen molar-refractivity contribution in [1.82, 2.24) is 19.2 Å². The second kappa shape index (κ2) is 7.07. The van der Waals surface area contributed by atoms with Crippen LogP contribution in [0.15, 0.2) is 46.6 Å². The van der Waals surface area contributed by atoms with E-state index in [-0.39, 0.29) is 5.56 Å². The van der Waals surface area contributed by atoms with E-state index in [4.69, 9.17) is 0 Å². The molecule has 0 saturated carbocycles. The number of thiazole rings is 1. The largest absolute Gasteiger partial charge is 0.297 e. The Morgan fingerprint density at radius 2 is 1.72 bits per heavy atom. The number of aromatic nitrogens is 2. The van der Waals surface area contributed by atoms with E-state index in [9.17, 15) is 4.79 Å². The number of nitrogens with zero attached hydrogens (tertiary/aromatic N) is 4. The fourth-order valence-electron chi connectivity index (χ4n) is 3.36. The minimum atomic E-state index is 0.0291. The van der Waals surface area contributed by atoms with E-state index in [1.165, 1.54) is 16.9 Å². The average molecular weight is 354 g/mol. The van der Waals surface area contributed by atoms with Crippen molar-refractivity contribution < 1.29 is 0 Å². The van der Waals surface area contributed by atoms with Crippen LogP contribution in [0.25, 0.3) is 4.96 Å². The van der Waals surface area contributed by atoms with Gasteiger partial charge in [0.1, 0.15) is 0 Å². The maximum Gasteiger partial charge on any atom is 0.259 e.